The van der Waals surface area contributed by atoms with E-state index in [1.165, 1.54) is 18.4 Å². The summed E-state index contributed by atoms with van der Waals surface area (Å²) >= 11 is 1.23. The molecule has 19 heavy (non-hydrogen) atoms. The Kier molecular flexibility index (Phi) is 3.97. The number of nitrogens with one attached hydrogen (secondary N) is 1. The Morgan fingerprint density at radius 1 is 1.21 bits per heavy atom. The van der Waals surface area contributed by atoms with Crippen molar-refractivity contribution in [3.63, 3.8) is 0 Å². The average molecular weight is 275 g/mol. The monoisotopic (exact) mass is 275 g/mol. The number of benzene rings is 1. The first-order valence-corrected chi connectivity index (χ1v) is 6.54. The van der Waals surface area contributed by atoms with Gasteiger partial charge in [-0.3, -0.25) is 4.79 Å². The summed E-state index contributed by atoms with van der Waals surface area (Å²) in [7, 11) is 1.31. The highest BCUT2D eigenvalue weighted by molar-refractivity contribution is 7.12. The molecular formula is C14H13NO3S. The second-order valence-corrected chi connectivity index (χ2v) is 4.84. The molecule has 0 saturated heterocycles. The lowest BCUT2D eigenvalue weighted by atomic mass is 10.1. The first-order valence-electron chi connectivity index (χ1n) is 5.66. The van der Waals surface area contributed by atoms with Gasteiger partial charge in [0.1, 0.15) is 4.88 Å². The van der Waals surface area contributed by atoms with Gasteiger partial charge in [0.25, 0.3) is 5.91 Å². The maximum Gasteiger partial charge on any atom is 0.350 e. The van der Waals surface area contributed by atoms with E-state index in [4.69, 9.17) is 0 Å². The van der Waals surface area contributed by atoms with Gasteiger partial charge in [-0.1, -0.05) is 18.2 Å². The van der Waals surface area contributed by atoms with Crippen LogP contribution in [0.3, 0.4) is 0 Å². The maximum absolute atomic E-state index is 12.1. The van der Waals surface area contributed by atoms with E-state index in [1.807, 2.05) is 19.1 Å². The zero-order valence-electron chi connectivity index (χ0n) is 10.6. The summed E-state index contributed by atoms with van der Waals surface area (Å²) in [6, 6.07) is 8.97. The SMILES string of the molecule is COC(=O)c1sccc1NC(=O)c1ccccc1C. The molecule has 0 unspecified atom stereocenters. The second-order valence-electron chi connectivity index (χ2n) is 3.92. The number of anilines is 1. The molecule has 1 heterocycles. The van der Waals surface area contributed by atoms with Gasteiger partial charge in [0.05, 0.1) is 12.8 Å². The lowest BCUT2D eigenvalue weighted by Crippen LogP contribution is -2.15. The molecule has 98 valence electrons. The fraction of sp³-hybridized carbons (Fsp3) is 0.143. The molecule has 1 aromatic heterocycles. The van der Waals surface area contributed by atoms with Crippen molar-refractivity contribution < 1.29 is 14.3 Å². The third kappa shape index (κ3) is 2.82. The normalized spacial score (nSPS) is 10.0. The Labute approximate surface area is 115 Å². The number of thiophene rings is 1. The average Bonchev–Trinajstić information content (AvgIpc) is 2.86. The number of carbonyl (C=O) groups is 2. The number of esters is 1. The number of aryl methyl sites for hydroxylation is 1. The lowest BCUT2D eigenvalue weighted by Gasteiger charge is -2.07. The molecule has 0 saturated carbocycles. The molecule has 1 aromatic carbocycles. The van der Waals surface area contributed by atoms with E-state index in [-0.39, 0.29) is 5.91 Å². The lowest BCUT2D eigenvalue weighted by molar-refractivity contribution is 0.0607. The highest BCUT2D eigenvalue weighted by Gasteiger charge is 2.16. The van der Waals surface area contributed by atoms with Gasteiger partial charge < -0.3 is 10.1 Å². The van der Waals surface area contributed by atoms with Crippen molar-refractivity contribution in [1.82, 2.24) is 0 Å². The Morgan fingerprint density at radius 2 is 1.95 bits per heavy atom. The number of carbonyl (C=O) groups excluding carboxylic acids is 2. The van der Waals surface area contributed by atoms with Gasteiger partial charge in [-0.05, 0) is 30.0 Å². The van der Waals surface area contributed by atoms with Crippen LogP contribution in [0.25, 0.3) is 0 Å². The number of hydrogen-bond acceptors (Lipinski definition) is 4. The van der Waals surface area contributed by atoms with Crippen molar-refractivity contribution >= 4 is 28.9 Å². The molecule has 0 atom stereocenters. The first-order chi connectivity index (χ1) is 9.13. The van der Waals surface area contributed by atoms with Crippen molar-refractivity contribution in [2.45, 2.75) is 6.92 Å². The van der Waals surface area contributed by atoms with Crippen LogP contribution in [0.1, 0.15) is 25.6 Å². The molecule has 0 radical (unpaired) electrons. The van der Waals surface area contributed by atoms with Gasteiger partial charge in [0, 0.05) is 5.56 Å². The molecule has 1 amide bonds. The molecule has 0 spiro atoms. The Hall–Kier alpha value is -2.14. The van der Waals surface area contributed by atoms with E-state index in [0.29, 0.717) is 16.1 Å². The van der Waals surface area contributed by atoms with Crippen LogP contribution in [0.4, 0.5) is 5.69 Å². The summed E-state index contributed by atoms with van der Waals surface area (Å²) in [5.41, 5.74) is 1.95. The summed E-state index contributed by atoms with van der Waals surface area (Å²) in [6.45, 7) is 1.86. The smallest absolute Gasteiger partial charge is 0.350 e. The first kappa shape index (κ1) is 13.3. The van der Waals surface area contributed by atoms with Crippen LogP contribution in [-0.2, 0) is 4.74 Å². The van der Waals surface area contributed by atoms with E-state index in [0.717, 1.165) is 5.56 Å². The van der Waals surface area contributed by atoms with Crippen LogP contribution in [0, 0.1) is 6.92 Å². The molecule has 0 bridgehead atoms. The summed E-state index contributed by atoms with van der Waals surface area (Å²) < 4.78 is 4.67. The standard InChI is InChI=1S/C14H13NO3S/c1-9-5-3-4-6-10(9)13(16)15-11-7-8-19-12(11)14(17)18-2/h3-8H,1-2H3,(H,15,16). The summed E-state index contributed by atoms with van der Waals surface area (Å²) in [5.74, 6) is -0.684. The zero-order chi connectivity index (χ0) is 13.8. The Bertz CT molecular complexity index is 619. The van der Waals surface area contributed by atoms with Gasteiger partial charge in [-0.25, -0.2) is 4.79 Å². The van der Waals surface area contributed by atoms with Gasteiger partial charge in [-0.15, -0.1) is 11.3 Å². The summed E-state index contributed by atoms with van der Waals surface area (Å²) in [4.78, 5) is 24.0. The van der Waals surface area contributed by atoms with E-state index in [9.17, 15) is 9.59 Å². The van der Waals surface area contributed by atoms with Crippen LogP contribution in [0.15, 0.2) is 35.7 Å². The van der Waals surface area contributed by atoms with Crippen LogP contribution in [0.2, 0.25) is 0 Å². The predicted molar refractivity (Wildman–Crippen MR) is 74.8 cm³/mol. The molecule has 4 nitrogen and oxygen atoms in total. The number of amides is 1. The fourth-order valence-electron chi connectivity index (χ4n) is 1.68. The van der Waals surface area contributed by atoms with Gasteiger partial charge in [-0.2, -0.15) is 0 Å². The topological polar surface area (TPSA) is 55.4 Å². The summed E-state index contributed by atoms with van der Waals surface area (Å²) in [6.07, 6.45) is 0. The molecule has 0 aliphatic rings. The minimum absolute atomic E-state index is 0.235. The summed E-state index contributed by atoms with van der Waals surface area (Å²) in [5, 5.41) is 4.47. The third-order valence-electron chi connectivity index (χ3n) is 2.67. The van der Waals surface area contributed by atoms with Crippen molar-refractivity contribution in [2.24, 2.45) is 0 Å². The Balaban J connectivity index is 2.23. The zero-order valence-corrected chi connectivity index (χ0v) is 11.4. The molecule has 0 aliphatic heterocycles. The quantitative estimate of drug-likeness (QED) is 0.876. The van der Waals surface area contributed by atoms with Crippen LogP contribution >= 0.6 is 11.3 Å². The largest absolute Gasteiger partial charge is 0.465 e. The van der Waals surface area contributed by atoms with Gasteiger partial charge >= 0.3 is 5.97 Å². The second kappa shape index (κ2) is 5.67. The van der Waals surface area contributed by atoms with E-state index in [1.54, 1.807) is 23.6 Å². The van der Waals surface area contributed by atoms with Crippen molar-refractivity contribution in [2.75, 3.05) is 12.4 Å². The van der Waals surface area contributed by atoms with Crippen LogP contribution in [0.5, 0.6) is 0 Å². The van der Waals surface area contributed by atoms with E-state index < -0.39 is 5.97 Å². The minimum atomic E-state index is -0.449. The number of ether oxygens (including phenoxy) is 1. The highest BCUT2D eigenvalue weighted by Crippen LogP contribution is 2.24. The van der Waals surface area contributed by atoms with E-state index >= 15 is 0 Å². The number of rotatable bonds is 3. The van der Waals surface area contributed by atoms with Gasteiger partial charge in [0.15, 0.2) is 0 Å². The van der Waals surface area contributed by atoms with Crippen LogP contribution < -0.4 is 5.32 Å². The van der Waals surface area contributed by atoms with Gasteiger partial charge in [0.2, 0.25) is 0 Å². The molecule has 0 fully saturated rings. The predicted octanol–water partition coefficient (Wildman–Crippen LogP) is 3.10. The minimum Gasteiger partial charge on any atom is -0.465 e. The van der Waals surface area contributed by atoms with Crippen molar-refractivity contribution in [3.8, 4) is 0 Å². The number of methoxy groups -OCH3 is 1. The van der Waals surface area contributed by atoms with Crippen molar-refractivity contribution in [1.29, 1.82) is 0 Å². The van der Waals surface area contributed by atoms with Crippen LogP contribution in [-0.4, -0.2) is 19.0 Å². The van der Waals surface area contributed by atoms with E-state index in [2.05, 4.69) is 10.1 Å². The molecule has 1 N–H and O–H groups in total. The third-order valence-corrected chi connectivity index (χ3v) is 3.57. The fourth-order valence-corrected chi connectivity index (χ4v) is 2.44. The van der Waals surface area contributed by atoms with Crippen molar-refractivity contribution in [3.05, 3.63) is 51.7 Å². The Morgan fingerprint density at radius 3 is 2.63 bits per heavy atom. The highest BCUT2D eigenvalue weighted by atomic mass is 32.1. The molecule has 2 aromatic rings. The number of hydrogen-bond donors (Lipinski definition) is 1. The molecule has 0 aliphatic carbocycles. The molecular weight excluding hydrogens is 262 g/mol. The maximum atomic E-state index is 12.1. The molecule has 5 heteroatoms. The molecule has 2 rings (SSSR count).